The van der Waals surface area contributed by atoms with Crippen LogP contribution >= 0.6 is 0 Å². The van der Waals surface area contributed by atoms with E-state index in [0.29, 0.717) is 6.04 Å². The van der Waals surface area contributed by atoms with Crippen molar-refractivity contribution in [3.8, 4) is 0 Å². The molecule has 0 bridgehead atoms. The van der Waals surface area contributed by atoms with Crippen molar-refractivity contribution in [2.24, 2.45) is 10.7 Å². The van der Waals surface area contributed by atoms with Gasteiger partial charge in [-0.25, -0.2) is 0 Å². The zero-order chi connectivity index (χ0) is 11.4. The van der Waals surface area contributed by atoms with Crippen LogP contribution in [0.4, 0.5) is 0 Å². The van der Waals surface area contributed by atoms with Crippen LogP contribution in [0.5, 0.6) is 0 Å². The number of likely N-dealkylation sites (tertiary alicyclic amines) is 1. The molecule has 1 aliphatic heterocycles. The largest absolute Gasteiger partial charge is 0.370 e. The van der Waals surface area contributed by atoms with Crippen molar-refractivity contribution in [3.05, 3.63) is 0 Å². The molecule has 2 aliphatic rings. The van der Waals surface area contributed by atoms with Gasteiger partial charge in [0.2, 0.25) is 0 Å². The topological polar surface area (TPSA) is 44.9 Å². The third-order valence-corrected chi connectivity index (χ3v) is 3.59. The number of guanidine groups is 1. The van der Waals surface area contributed by atoms with Gasteiger partial charge in [-0.1, -0.05) is 6.42 Å². The molecule has 0 aromatic heterocycles. The number of nitrogens with zero attached hydrogens (tertiary/aromatic N) is 3. The fourth-order valence-corrected chi connectivity index (χ4v) is 2.25. The summed E-state index contributed by atoms with van der Waals surface area (Å²) in [5.41, 5.74) is 5.93. The van der Waals surface area contributed by atoms with Crippen LogP contribution in [-0.2, 0) is 0 Å². The zero-order valence-electron chi connectivity index (χ0n) is 10.4. The van der Waals surface area contributed by atoms with E-state index in [0.717, 1.165) is 19.0 Å². The van der Waals surface area contributed by atoms with Crippen molar-refractivity contribution in [1.29, 1.82) is 0 Å². The molecule has 92 valence electrons. The first kappa shape index (κ1) is 11.7. The quantitative estimate of drug-likeness (QED) is 0.569. The molecular weight excluding hydrogens is 200 g/mol. The van der Waals surface area contributed by atoms with Gasteiger partial charge >= 0.3 is 0 Å². The number of hydrogen-bond donors (Lipinski definition) is 1. The summed E-state index contributed by atoms with van der Waals surface area (Å²) in [6.07, 6.45) is 6.65. The lowest BCUT2D eigenvalue weighted by Crippen LogP contribution is -2.37. The van der Waals surface area contributed by atoms with Crippen molar-refractivity contribution in [1.82, 2.24) is 9.80 Å². The van der Waals surface area contributed by atoms with E-state index in [4.69, 9.17) is 5.73 Å². The average molecular weight is 224 g/mol. The van der Waals surface area contributed by atoms with Crippen LogP contribution in [0, 0.1) is 0 Å². The van der Waals surface area contributed by atoms with Gasteiger partial charge in [-0.2, -0.15) is 0 Å². The van der Waals surface area contributed by atoms with Gasteiger partial charge in [0, 0.05) is 19.6 Å². The molecule has 4 heteroatoms. The second-order valence-electron chi connectivity index (χ2n) is 4.98. The molecular formula is C12H24N4. The molecule has 2 N–H and O–H groups in total. The Hall–Kier alpha value is -0.770. The molecule has 4 nitrogen and oxygen atoms in total. The Morgan fingerprint density at radius 2 is 2.00 bits per heavy atom. The van der Waals surface area contributed by atoms with E-state index < -0.39 is 0 Å². The summed E-state index contributed by atoms with van der Waals surface area (Å²) in [5, 5.41) is 0. The molecule has 1 aliphatic carbocycles. The maximum Gasteiger partial charge on any atom is 0.191 e. The average Bonchev–Trinajstić information content (AvgIpc) is 3.13. The van der Waals surface area contributed by atoms with Gasteiger partial charge in [0.15, 0.2) is 5.96 Å². The first-order chi connectivity index (χ1) is 7.77. The van der Waals surface area contributed by atoms with Crippen LogP contribution in [-0.4, -0.2) is 55.0 Å². The van der Waals surface area contributed by atoms with Gasteiger partial charge in [0.1, 0.15) is 0 Å². The third-order valence-electron chi connectivity index (χ3n) is 3.59. The van der Waals surface area contributed by atoms with Crippen LogP contribution in [0.2, 0.25) is 0 Å². The molecule has 0 unspecified atom stereocenters. The Bertz CT molecular complexity index is 241. The molecule has 2 fully saturated rings. The smallest absolute Gasteiger partial charge is 0.191 e. The van der Waals surface area contributed by atoms with Crippen LogP contribution in [0.15, 0.2) is 4.99 Å². The monoisotopic (exact) mass is 224 g/mol. The van der Waals surface area contributed by atoms with E-state index >= 15 is 0 Å². The summed E-state index contributed by atoms with van der Waals surface area (Å²) in [7, 11) is 2.05. The summed E-state index contributed by atoms with van der Waals surface area (Å²) in [4.78, 5) is 9.08. The van der Waals surface area contributed by atoms with Crippen molar-refractivity contribution < 1.29 is 0 Å². The lowest BCUT2D eigenvalue weighted by Gasteiger charge is -2.25. The van der Waals surface area contributed by atoms with Crippen molar-refractivity contribution >= 4 is 5.96 Å². The zero-order valence-corrected chi connectivity index (χ0v) is 10.4. The fourth-order valence-electron chi connectivity index (χ4n) is 2.25. The van der Waals surface area contributed by atoms with Crippen molar-refractivity contribution in [3.63, 3.8) is 0 Å². The normalized spacial score (nSPS) is 23.4. The first-order valence-electron chi connectivity index (χ1n) is 6.52. The minimum atomic E-state index is 0.665. The summed E-state index contributed by atoms with van der Waals surface area (Å²) in [5.74, 6) is 0.722. The molecule has 0 atom stereocenters. The maximum absolute atomic E-state index is 5.93. The number of piperidine rings is 1. The Labute approximate surface area is 98.5 Å². The van der Waals surface area contributed by atoms with Gasteiger partial charge in [-0.15, -0.1) is 0 Å². The molecule has 0 aromatic carbocycles. The van der Waals surface area contributed by atoms with Gasteiger partial charge < -0.3 is 15.5 Å². The highest BCUT2D eigenvalue weighted by Gasteiger charge is 2.27. The highest BCUT2D eigenvalue weighted by molar-refractivity contribution is 5.78. The van der Waals surface area contributed by atoms with Gasteiger partial charge in [0.25, 0.3) is 0 Å². The highest BCUT2D eigenvalue weighted by Crippen LogP contribution is 2.24. The van der Waals surface area contributed by atoms with Crippen LogP contribution in [0.25, 0.3) is 0 Å². The minimum absolute atomic E-state index is 0.665. The van der Waals surface area contributed by atoms with Gasteiger partial charge in [0.05, 0.1) is 6.54 Å². The van der Waals surface area contributed by atoms with E-state index in [1.165, 1.54) is 45.2 Å². The van der Waals surface area contributed by atoms with Crippen molar-refractivity contribution in [2.75, 3.05) is 33.2 Å². The SMILES string of the molecule is CN(C(N)=NCCN1CCCCC1)C1CC1. The van der Waals surface area contributed by atoms with Gasteiger partial charge in [-0.3, -0.25) is 4.99 Å². The lowest BCUT2D eigenvalue weighted by molar-refractivity contribution is 0.235. The molecule has 0 aromatic rings. The highest BCUT2D eigenvalue weighted by atomic mass is 15.3. The number of rotatable bonds is 4. The molecule has 0 spiro atoms. The Balaban J connectivity index is 1.66. The number of aliphatic imine (C=N–C) groups is 1. The maximum atomic E-state index is 5.93. The van der Waals surface area contributed by atoms with Crippen LogP contribution in [0.3, 0.4) is 0 Å². The summed E-state index contributed by atoms with van der Waals surface area (Å²) >= 11 is 0. The van der Waals surface area contributed by atoms with Crippen LogP contribution in [0.1, 0.15) is 32.1 Å². The van der Waals surface area contributed by atoms with E-state index in [2.05, 4.69) is 21.8 Å². The standard InChI is InChI=1S/C12H24N4/c1-15(11-5-6-11)12(13)14-7-10-16-8-3-2-4-9-16/h11H,2-10H2,1H3,(H2,13,14). The molecule has 1 saturated carbocycles. The van der Waals surface area contributed by atoms with E-state index in [1.807, 2.05) is 0 Å². The Morgan fingerprint density at radius 1 is 1.31 bits per heavy atom. The molecule has 0 radical (unpaired) electrons. The summed E-state index contributed by atoms with van der Waals surface area (Å²) < 4.78 is 0. The molecule has 2 rings (SSSR count). The van der Waals surface area contributed by atoms with E-state index in [-0.39, 0.29) is 0 Å². The predicted molar refractivity (Wildman–Crippen MR) is 67.6 cm³/mol. The molecule has 1 heterocycles. The lowest BCUT2D eigenvalue weighted by atomic mass is 10.1. The second kappa shape index (κ2) is 5.53. The van der Waals surface area contributed by atoms with E-state index in [1.54, 1.807) is 0 Å². The summed E-state index contributed by atoms with van der Waals surface area (Å²) in [6, 6.07) is 0.665. The molecule has 0 amide bonds. The predicted octanol–water partition coefficient (Wildman–Crippen LogP) is 0.881. The molecule has 16 heavy (non-hydrogen) atoms. The minimum Gasteiger partial charge on any atom is -0.370 e. The van der Waals surface area contributed by atoms with Crippen molar-refractivity contribution in [2.45, 2.75) is 38.1 Å². The third kappa shape index (κ3) is 3.37. The van der Waals surface area contributed by atoms with Crippen LogP contribution < -0.4 is 5.73 Å². The van der Waals surface area contributed by atoms with Gasteiger partial charge in [-0.05, 0) is 38.8 Å². The fraction of sp³-hybridized carbons (Fsp3) is 0.917. The second-order valence-corrected chi connectivity index (χ2v) is 4.98. The Morgan fingerprint density at radius 3 is 2.62 bits per heavy atom. The van der Waals surface area contributed by atoms with E-state index in [9.17, 15) is 0 Å². The summed E-state index contributed by atoms with van der Waals surface area (Å²) in [6.45, 7) is 4.41. The number of nitrogens with two attached hydrogens (primary N) is 1. The molecule has 1 saturated heterocycles. The number of hydrogen-bond acceptors (Lipinski definition) is 2. The Kier molecular flexibility index (Phi) is 4.04. The first-order valence-corrected chi connectivity index (χ1v) is 6.52.